The van der Waals surface area contributed by atoms with Crippen LogP contribution in [0, 0.1) is 0 Å². The van der Waals surface area contributed by atoms with Crippen LogP contribution in [-0.2, 0) is 4.79 Å². The van der Waals surface area contributed by atoms with Gasteiger partial charge in [-0.05, 0) is 37.1 Å². The number of imidazole rings is 1. The van der Waals surface area contributed by atoms with E-state index in [-0.39, 0.29) is 17.6 Å². The van der Waals surface area contributed by atoms with Crippen LogP contribution in [0.5, 0.6) is 0 Å². The fraction of sp³-hybridized carbons (Fsp3) is 0.286. The number of H-pyrrole nitrogens is 1. The minimum atomic E-state index is -0.0673. The molecule has 148 valence electrons. The summed E-state index contributed by atoms with van der Waals surface area (Å²) in [5.41, 5.74) is 2.72. The highest BCUT2D eigenvalue weighted by atomic mass is 32.2. The number of nitrogens with zero attached hydrogens (tertiary/aromatic N) is 3. The van der Waals surface area contributed by atoms with E-state index in [0.29, 0.717) is 18.8 Å². The lowest BCUT2D eigenvalue weighted by molar-refractivity contribution is -0.129. The van der Waals surface area contributed by atoms with E-state index in [1.54, 1.807) is 11.3 Å². The van der Waals surface area contributed by atoms with E-state index in [1.165, 1.54) is 11.8 Å². The maximum Gasteiger partial charge on any atom is 0.326 e. The maximum atomic E-state index is 12.7. The largest absolute Gasteiger partial charge is 0.342 e. The van der Waals surface area contributed by atoms with Crippen LogP contribution in [0.4, 0.5) is 0 Å². The first-order valence-electron chi connectivity index (χ1n) is 9.64. The van der Waals surface area contributed by atoms with Crippen molar-refractivity contribution >= 4 is 50.3 Å². The highest BCUT2D eigenvalue weighted by Crippen LogP contribution is 2.30. The first-order chi connectivity index (χ1) is 14.2. The molecular formula is C21H20N4O2S2. The highest BCUT2D eigenvalue weighted by Gasteiger charge is 2.26. The third-order valence-electron chi connectivity index (χ3n) is 5.40. The molecule has 0 aliphatic carbocycles. The van der Waals surface area contributed by atoms with Gasteiger partial charge in [0.25, 0.3) is 0 Å². The SMILES string of the molecule is O=C(CSc1nc2ccccc2s1)N1CCC(n2c(=O)[nH]c3ccccc32)CC1. The van der Waals surface area contributed by atoms with Gasteiger partial charge in [0.2, 0.25) is 5.91 Å². The summed E-state index contributed by atoms with van der Waals surface area (Å²) in [4.78, 5) is 34.5. The zero-order valence-electron chi connectivity index (χ0n) is 15.7. The van der Waals surface area contributed by atoms with Gasteiger partial charge in [-0.3, -0.25) is 9.36 Å². The molecule has 6 nitrogen and oxygen atoms in total. The summed E-state index contributed by atoms with van der Waals surface area (Å²) in [6.45, 7) is 1.35. The number of nitrogens with one attached hydrogen (secondary N) is 1. The number of hydrogen-bond acceptors (Lipinski definition) is 5. The first-order valence-corrected chi connectivity index (χ1v) is 11.4. The Hall–Kier alpha value is -2.58. The molecule has 1 aliphatic rings. The van der Waals surface area contributed by atoms with Crippen LogP contribution in [0.2, 0.25) is 0 Å². The van der Waals surface area contributed by atoms with Crippen LogP contribution in [0.3, 0.4) is 0 Å². The van der Waals surface area contributed by atoms with Gasteiger partial charge in [-0.25, -0.2) is 9.78 Å². The number of aromatic amines is 1. The van der Waals surface area contributed by atoms with Gasteiger partial charge >= 0.3 is 5.69 Å². The second-order valence-electron chi connectivity index (χ2n) is 7.17. The van der Waals surface area contributed by atoms with E-state index in [2.05, 4.69) is 16.0 Å². The van der Waals surface area contributed by atoms with Crippen molar-refractivity contribution in [1.82, 2.24) is 19.4 Å². The van der Waals surface area contributed by atoms with Crippen LogP contribution in [-0.4, -0.2) is 44.2 Å². The third-order valence-corrected chi connectivity index (χ3v) is 7.56. The third kappa shape index (κ3) is 3.58. The Morgan fingerprint density at radius 2 is 1.90 bits per heavy atom. The molecule has 0 radical (unpaired) electrons. The summed E-state index contributed by atoms with van der Waals surface area (Å²) in [6.07, 6.45) is 1.58. The van der Waals surface area contributed by atoms with E-state index in [4.69, 9.17) is 0 Å². The van der Waals surface area contributed by atoms with Crippen molar-refractivity contribution in [2.75, 3.05) is 18.8 Å². The molecule has 0 bridgehead atoms. The van der Waals surface area contributed by atoms with Gasteiger partial charge in [0.15, 0.2) is 4.34 Å². The predicted molar refractivity (Wildman–Crippen MR) is 118 cm³/mol. The molecule has 29 heavy (non-hydrogen) atoms. The number of rotatable bonds is 4. The summed E-state index contributed by atoms with van der Waals surface area (Å²) < 4.78 is 3.93. The summed E-state index contributed by atoms with van der Waals surface area (Å²) in [5, 5.41) is 0. The Labute approximate surface area is 175 Å². The van der Waals surface area contributed by atoms with Crippen LogP contribution < -0.4 is 5.69 Å². The second kappa shape index (κ2) is 7.68. The van der Waals surface area contributed by atoms with Gasteiger partial charge in [0, 0.05) is 19.1 Å². The van der Waals surface area contributed by atoms with Gasteiger partial charge in [-0.15, -0.1) is 11.3 Å². The van der Waals surface area contributed by atoms with Crippen molar-refractivity contribution in [3.63, 3.8) is 0 Å². The smallest absolute Gasteiger partial charge is 0.326 e. The fourth-order valence-corrected chi connectivity index (χ4v) is 5.91. The number of carbonyl (C=O) groups is 1. The molecule has 0 spiro atoms. The number of hydrogen-bond donors (Lipinski definition) is 1. The number of thiazole rings is 1. The Morgan fingerprint density at radius 3 is 2.72 bits per heavy atom. The van der Waals surface area contributed by atoms with Gasteiger partial charge in [-0.1, -0.05) is 36.0 Å². The molecule has 4 aromatic rings. The summed E-state index contributed by atoms with van der Waals surface area (Å²) in [7, 11) is 0. The van der Waals surface area contributed by atoms with Crippen molar-refractivity contribution in [3.05, 3.63) is 59.0 Å². The Kier molecular flexibility index (Phi) is 4.89. The number of carbonyl (C=O) groups excluding carboxylic acids is 1. The average molecular weight is 425 g/mol. The Morgan fingerprint density at radius 1 is 1.14 bits per heavy atom. The topological polar surface area (TPSA) is 71.0 Å². The van der Waals surface area contributed by atoms with Crippen molar-refractivity contribution in [2.24, 2.45) is 0 Å². The van der Waals surface area contributed by atoms with E-state index in [1.807, 2.05) is 51.9 Å². The van der Waals surface area contributed by atoms with Crippen molar-refractivity contribution in [1.29, 1.82) is 0 Å². The summed E-state index contributed by atoms with van der Waals surface area (Å²) >= 11 is 3.13. The van der Waals surface area contributed by atoms with E-state index >= 15 is 0 Å². The van der Waals surface area contributed by atoms with Crippen molar-refractivity contribution in [2.45, 2.75) is 23.2 Å². The first kappa shape index (κ1) is 18.4. The molecule has 2 aromatic carbocycles. The average Bonchev–Trinajstić information content (AvgIpc) is 3.31. The molecule has 1 fully saturated rings. The van der Waals surface area contributed by atoms with Gasteiger partial charge in [0.05, 0.1) is 27.0 Å². The lowest BCUT2D eigenvalue weighted by Gasteiger charge is -2.32. The lowest BCUT2D eigenvalue weighted by Crippen LogP contribution is -2.41. The van der Waals surface area contributed by atoms with Gasteiger partial charge in [0.1, 0.15) is 0 Å². The highest BCUT2D eigenvalue weighted by molar-refractivity contribution is 8.01. The number of fused-ring (bicyclic) bond motifs is 2. The van der Waals surface area contributed by atoms with Crippen LogP contribution in [0.25, 0.3) is 21.3 Å². The van der Waals surface area contributed by atoms with Crippen molar-refractivity contribution < 1.29 is 4.79 Å². The molecule has 1 saturated heterocycles. The Balaban J connectivity index is 1.21. The minimum absolute atomic E-state index is 0.0673. The Bertz CT molecular complexity index is 1200. The molecule has 1 N–H and O–H groups in total. The van der Waals surface area contributed by atoms with E-state index < -0.39 is 0 Å². The van der Waals surface area contributed by atoms with Crippen LogP contribution in [0.15, 0.2) is 57.7 Å². The lowest BCUT2D eigenvalue weighted by atomic mass is 10.0. The van der Waals surface area contributed by atoms with E-state index in [9.17, 15) is 9.59 Å². The number of thioether (sulfide) groups is 1. The van der Waals surface area contributed by atoms with Crippen LogP contribution in [0.1, 0.15) is 18.9 Å². The molecule has 2 aromatic heterocycles. The zero-order valence-corrected chi connectivity index (χ0v) is 17.3. The maximum absolute atomic E-state index is 12.7. The van der Waals surface area contributed by atoms with Crippen LogP contribution >= 0.6 is 23.1 Å². The van der Waals surface area contributed by atoms with Gasteiger partial charge in [-0.2, -0.15) is 0 Å². The molecule has 3 heterocycles. The quantitative estimate of drug-likeness (QED) is 0.505. The fourth-order valence-electron chi connectivity index (χ4n) is 3.94. The molecule has 0 unspecified atom stereocenters. The standard InChI is InChI=1S/C21H20N4O2S2/c26-19(13-28-21-23-16-6-2-4-8-18(16)29-21)24-11-9-14(10-12-24)25-17-7-3-1-5-15(17)22-20(25)27/h1-8,14H,9-13H2,(H,22,27). The second-order valence-corrected chi connectivity index (χ2v) is 9.42. The number of likely N-dealkylation sites (tertiary alicyclic amines) is 1. The number of piperidine rings is 1. The minimum Gasteiger partial charge on any atom is -0.342 e. The summed E-state index contributed by atoms with van der Waals surface area (Å²) in [5.74, 6) is 0.538. The summed E-state index contributed by atoms with van der Waals surface area (Å²) in [6, 6.07) is 15.9. The predicted octanol–water partition coefficient (Wildman–Crippen LogP) is 3.90. The normalized spacial score (nSPS) is 15.4. The number of benzene rings is 2. The number of para-hydroxylation sites is 3. The molecule has 8 heteroatoms. The zero-order chi connectivity index (χ0) is 19.8. The number of amides is 1. The van der Waals surface area contributed by atoms with Gasteiger partial charge < -0.3 is 9.88 Å². The van der Waals surface area contributed by atoms with E-state index in [0.717, 1.165) is 38.4 Å². The van der Waals surface area contributed by atoms with Crippen molar-refractivity contribution in [3.8, 4) is 0 Å². The molecule has 5 rings (SSSR count). The molecule has 0 saturated carbocycles. The monoisotopic (exact) mass is 424 g/mol. The molecular weight excluding hydrogens is 404 g/mol. The molecule has 1 aliphatic heterocycles. The molecule has 0 atom stereocenters. The molecule has 1 amide bonds. The number of aromatic nitrogens is 3.